The zero-order chi connectivity index (χ0) is 15.2. The lowest BCUT2D eigenvalue weighted by Crippen LogP contribution is -2.30. The summed E-state index contributed by atoms with van der Waals surface area (Å²) in [5.74, 6) is 1.15. The number of likely N-dealkylation sites (N-methyl/N-ethyl adjacent to an activating group) is 1. The van der Waals surface area contributed by atoms with E-state index in [9.17, 15) is 0 Å². The molecule has 1 aliphatic heterocycles. The fraction of sp³-hybridized carbons (Fsp3) is 0.368. The second kappa shape index (κ2) is 7.56. The topological polar surface area (TPSA) is 3.24 Å². The Bertz CT molecular complexity index is 556. The molecular formula is C19H25NS. The first kappa shape index (κ1) is 16.0. The number of para-hydroxylation sites is 1. The standard InChI is InChI=1S/C19H25NS/c1-5-6-7-12-19-15(2)16(3)20(4)18-11-9-8-10-17(18)13-14-21-19/h5-11,16H,1,12-14H2,2-4H3/b7-6?,19-15-. The summed E-state index contributed by atoms with van der Waals surface area (Å²) in [6.07, 6.45) is 8.23. The summed E-state index contributed by atoms with van der Waals surface area (Å²) in [5, 5.41) is 0. The van der Waals surface area contributed by atoms with Gasteiger partial charge in [-0.2, -0.15) is 0 Å². The smallest absolute Gasteiger partial charge is 0.0478 e. The van der Waals surface area contributed by atoms with Crippen molar-refractivity contribution in [1.29, 1.82) is 0 Å². The summed E-state index contributed by atoms with van der Waals surface area (Å²) in [6.45, 7) is 8.32. The molecule has 112 valence electrons. The molecule has 1 nitrogen and oxygen atoms in total. The number of aryl methyl sites for hydroxylation is 1. The summed E-state index contributed by atoms with van der Waals surface area (Å²) in [5.41, 5.74) is 4.30. The number of benzene rings is 1. The predicted molar refractivity (Wildman–Crippen MR) is 97.1 cm³/mol. The average Bonchev–Trinajstić information content (AvgIpc) is 2.55. The minimum atomic E-state index is 0.420. The number of allylic oxidation sites excluding steroid dienone is 4. The highest BCUT2D eigenvalue weighted by Crippen LogP contribution is 2.33. The van der Waals surface area contributed by atoms with Gasteiger partial charge in [0, 0.05) is 24.5 Å². The van der Waals surface area contributed by atoms with Crippen LogP contribution in [0.1, 0.15) is 25.8 Å². The van der Waals surface area contributed by atoms with Crippen molar-refractivity contribution in [3.05, 3.63) is 65.1 Å². The molecule has 0 N–H and O–H groups in total. The van der Waals surface area contributed by atoms with Crippen molar-refractivity contribution in [2.75, 3.05) is 17.7 Å². The Morgan fingerprint density at radius 2 is 2.14 bits per heavy atom. The summed E-state index contributed by atoms with van der Waals surface area (Å²) in [6, 6.07) is 9.21. The van der Waals surface area contributed by atoms with E-state index < -0.39 is 0 Å². The SMILES string of the molecule is C=CC=CC/C1=C(\C)C(C)N(C)c2ccccc2CCS1. The van der Waals surface area contributed by atoms with Crippen molar-refractivity contribution in [2.45, 2.75) is 32.7 Å². The van der Waals surface area contributed by atoms with E-state index in [1.807, 2.05) is 23.9 Å². The van der Waals surface area contributed by atoms with Crippen LogP contribution in [0.5, 0.6) is 0 Å². The zero-order valence-electron chi connectivity index (χ0n) is 13.3. The van der Waals surface area contributed by atoms with Crippen LogP contribution in [0.2, 0.25) is 0 Å². The van der Waals surface area contributed by atoms with Gasteiger partial charge in [-0.1, -0.05) is 43.0 Å². The number of rotatable bonds is 3. The van der Waals surface area contributed by atoms with Crippen LogP contribution >= 0.6 is 11.8 Å². The first-order valence-corrected chi connectivity index (χ1v) is 8.54. The molecule has 2 heteroatoms. The average molecular weight is 299 g/mol. The van der Waals surface area contributed by atoms with Crippen LogP contribution in [0.3, 0.4) is 0 Å². The molecule has 1 aromatic carbocycles. The van der Waals surface area contributed by atoms with Crippen molar-refractivity contribution in [3.8, 4) is 0 Å². The van der Waals surface area contributed by atoms with E-state index >= 15 is 0 Å². The van der Waals surface area contributed by atoms with Gasteiger partial charge in [-0.25, -0.2) is 0 Å². The molecule has 0 bridgehead atoms. The Kier molecular flexibility index (Phi) is 5.75. The normalized spacial score (nSPS) is 23.4. The summed E-state index contributed by atoms with van der Waals surface area (Å²) in [4.78, 5) is 3.91. The number of anilines is 1. The molecule has 0 aromatic heterocycles. The molecule has 1 aliphatic rings. The molecule has 1 aromatic rings. The molecular weight excluding hydrogens is 274 g/mol. The number of hydrogen-bond donors (Lipinski definition) is 0. The Morgan fingerprint density at radius 3 is 2.90 bits per heavy atom. The van der Waals surface area contributed by atoms with E-state index in [4.69, 9.17) is 0 Å². The molecule has 1 heterocycles. The van der Waals surface area contributed by atoms with Crippen LogP contribution < -0.4 is 4.90 Å². The molecule has 0 amide bonds. The first-order valence-electron chi connectivity index (χ1n) is 7.56. The molecule has 0 saturated carbocycles. The molecule has 0 spiro atoms. The lowest BCUT2D eigenvalue weighted by atomic mass is 10.0. The summed E-state index contributed by atoms with van der Waals surface area (Å²) >= 11 is 2.01. The Labute approximate surface area is 133 Å². The van der Waals surface area contributed by atoms with E-state index in [1.165, 1.54) is 21.7 Å². The van der Waals surface area contributed by atoms with Crippen LogP contribution in [0.15, 0.2) is 59.6 Å². The molecule has 0 fully saturated rings. The van der Waals surface area contributed by atoms with Gasteiger partial charge in [0.25, 0.3) is 0 Å². The van der Waals surface area contributed by atoms with Gasteiger partial charge in [0.05, 0.1) is 0 Å². The molecule has 1 unspecified atom stereocenters. The minimum absolute atomic E-state index is 0.420. The van der Waals surface area contributed by atoms with Crippen molar-refractivity contribution >= 4 is 17.4 Å². The maximum Gasteiger partial charge on any atom is 0.0478 e. The third-order valence-corrected chi connectivity index (χ3v) is 5.49. The fourth-order valence-corrected chi connectivity index (χ4v) is 3.87. The molecule has 0 radical (unpaired) electrons. The highest BCUT2D eigenvalue weighted by atomic mass is 32.2. The van der Waals surface area contributed by atoms with Crippen LogP contribution in [-0.2, 0) is 6.42 Å². The monoisotopic (exact) mass is 299 g/mol. The Balaban J connectivity index is 2.32. The third-order valence-electron chi connectivity index (χ3n) is 4.24. The van der Waals surface area contributed by atoms with Gasteiger partial charge >= 0.3 is 0 Å². The maximum atomic E-state index is 3.75. The van der Waals surface area contributed by atoms with Crippen molar-refractivity contribution in [1.82, 2.24) is 0 Å². The van der Waals surface area contributed by atoms with E-state index in [1.54, 1.807) is 0 Å². The van der Waals surface area contributed by atoms with Gasteiger partial charge in [-0.05, 0) is 48.8 Å². The van der Waals surface area contributed by atoms with Gasteiger partial charge < -0.3 is 4.90 Å². The fourth-order valence-electron chi connectivity index (χ4n) is 2.69. The van der Waals surface area contributed by atoms with Gasteiger partial charge in [0.1, 0.15) is 0 Å². The molecule has 21 heavy (non-hydrogen) atoms. The zero-order valence-corrected chi connectivity index (χ0v) is 14.1. The second-order valence-corrected chi connectivity index (χ2v) is 6.68. The number of thioether (sulfide) groups is 1. The van der Waals surface area contributed by atoms with Crippen LogP contribution in [-0.4, -0.2) is 18.8 Å². The summed E-state index contributed by atoms with van der Waals surface area (Å²) < 4.78 is 0. The van der Waals surface area contributed by atoms with E-state index in [-0.39, 0.29) is 0 Å². The van der Waals surface area contributed by atoms with Gasteiger partial charge in [-0.15, -0.1) is 11.8 Å². The molecule has 2 rings (SSSR count). The van der Waals surface area contributed by atoms with E-state index in [0.717, 1.165) is 18.6 Å². The van der Waals surface area contributed by atoms with Crippen molar-refractivity contribution < 1.29 is 0 Å². The van der Waals surface area contributed by atoms with Crippen molar-refractivity contribution in [3.63, 3.8) is 0 Å². The maximum absolute atomic E-state index is 3.75. The van der Waals surface area contributed by atoms with Gasteiger partial charge in [0.2, 0.25) is 0 Å². The van der Waals surface area contributed by atoms with Crippen molar-refractivity contribution in [2.24, 2.45) is 0 Å². The van der Waals surface area contributed by atoms with Crippen LogP contribution in [0.4, 0.5) is 5.69 Å². The highest BCUT2D eigenvalue weighted by Gasteiger charge is 2.19. The second-order valence-electron chi connectivity index (χ2n) is 5.49. The Morgan fingerprint density at radius 1 is 1.38 bits per heavy atom. The molecule has 0 aliphatic carbocycles. The largest absolute Gasteiger partial charge is 0.368 e. The Hall–Kier alpha value is -1.41. The first-order chi connectivity index (χ1) is 10.1. The number of nitrogens with zero attached hydrogens (tertiary/aromatic N) is 1. The van der Waals surface area contributed by atoms with Crippen LogP contribution in [0, 0.1) is 0 Å². The number of fused-ring (bicyclic) bond motifs is 1. The summed E-state index contributed by atoms with van der Waals surface area (Å²) in [7, 11) is 2.21. The predicted octanol–water partition coefficient (Wildman–Crippen LogP) is 5.21. The molecule has 1 atom stereocenters. The lowest BCUT2D eigenvalue weighted by Gasteiger charge is -2.30. The van der Waals surface area contributed by atoms with E-state index in [2.05, 4.69) is 62.7 Å². The highest BCUT2D eigenvalue weighted by molar-refractivity contribution is 8.03. The lowest BCUT2D eigenvalue weighted by molar-refractivity contribution is 0.770. The quantitative estimate of drug-likeness (QED) is 0.705. The minimum Gasteiger partial charge on any atom is -0.368 e. The number of hydrogen-bond acceptors (Lipinski definition) is 2. The van der Waals surface area contributed by atoms with Gasteiger partial charge in [0.15, 0.2) is 0 Å². The van der Waals surface area contributed by atoms with Crippen LogP contribution in [0.25, 0.3) is 0 Å². The molecule has 0 saturated heterocycles. The third kappa shape index (κ3) is 3.82. The van der Waals surface area contributed by atoms with E-state index in [0.29, 0.717) is 6.04 Å². The van der Waals surface area contributed by atoms with Gasteiger partial charge in [-0.3, -0.25) is 0 Å².